The summed E-state index contributed by atoms with van der Waals surface area (Å²) in [5, 5.41) is 0.941. The smallest absolute Gasteiger partial charge is 0.230 e. The molecule has 7 heteroatoms. The first kappa shape index (κ1) is 11.9. The van der Waals surface area contributed by atoms with Gasteiger partial charge in [0.2, 0.25) is 11.2 Å². The van der Waals surface area contributed by atoms with Crippen molar-refractivity contribution in [3.8, 4) is 0 Å². The van der Waals surface area contributed by atoms with E-state index in [4.69, 9.17) is 16.3 Å². The lowest BCUT2D eigenvalue weighted by Gasteiger charge is -2.26. The molecule has 0 radical (unpaired) electrons. The fourth-order valence-electron chi connectivity index (χ4n) is 1.42. The Hall–Kier alpha value is -0.590. The standard InChI is InChI=1S/C9H13ClN4OS/c1-2-16-9-12-7(10)11-8(13-9)14-3-5-15-6-4-14/h2-6H2,1H3. The van der Waals surface area contributed by atoms with Crippen molar-refractivity contribution >= 4 is 29.3 Å². The van der Waals surface area contributed by atoms with Crippen molar-refractivity contribution in [1.29, 1.82) is 0 Å². The van der Waals surface area contributed by atoms with Crippen molar-refractivity contribution in [2.75, 3.05) is 37.0 Å². The van der Waals surface area contributed by atoms with Crippen LogP contribution >= 0.6 is 23.4 Å². The second-order valence-corrected chi connectivity index (χ2v) is 4.79. The lowest BCUT2D eigenvalue weighted by molar-refractivity contribution is 0.122. The van der Waals surface area contributed by atoms with Gasteiger partial charge in [-0.05, 0) is 17.4 Å². The Bertz CT molecular complexity index is 359. The molecule has 1 saturated heterocycles. The number of morpholine rings is 1. The van der Waals surface area contributed by atoms with Crippen LogP contribution in [0.15, 0.2) is 5.16 Å². The summed E-state index contributed by atoms with van der Waals surface area (Å²) < 4.78 is 5.28. The monoisotopic (exact) mass is 260 g/mol. The van der Waals surface area contributed by atoms with Gasteiger partial charge in [0.05, 0.1) is 13.2 Å². The van der Waals surface area contributed by atoms with E-state index in [9.17, 15) is 0 Å². The van der Waals surface area contributed by atoms with Crippen LogP contribution < -0.4 is 4.90 Å². The van der Waals surface area contributed by atoms with Gasteiger partial charge in [0, 0.05) is 13.1 Å². The summed E-state index contributed by atoms with van der Waals surface area (Å²) in [6, 6.07) is 0. The predicted octanol–water partition coefficient (Wildman–Crippen LogP) is 1.47. The highest BCUT2D eigenvalue weighted by Gasteiger charge is 2.15. The van der Waals surface area contributed by atoms with Gasteiger partial charge in [0.15, 0.2) is 5.16 Å². The summed E-state index contributed by atoms with van der Waals surface area (Å²) in [6.07, 6.45) is 0. The SMILES string of the molecule is CCSc1nc(Cl)nc(N2CCOCC2)n1. The molecule has 0 bridgehead atoms. The Morgan fingerprint density at radius 3 is 2.75 bits per heavy atom. The van der Waals surface area contributed by atoms with Crippen molar-refractivity contribution in [2.45, 2.75) is 12.1 Å². The van der Waals surface area contributed by atoms with Gasteiger partial charge in [-0.3, -0.25) is 0 Å². The van der Waals surface area contributed by atoms with E-state index in [2.05, 4.69) is 26.8 Å². The summed E-state index contributed by atoms with van der Waals surface area (Å²) >= 11 is 7.43. The molecule has 1 aliphatic rings. The normalized spacial score (nSPS) is 16.5. The van der Waals surface area contributed by atoms with Gasteiger partial charge >= 0.3 is 0 Å². The zero-order chi connectivity index (χ0) is 11.4. The Morgan fingerprint density at radius 2 is 2.06 bits per heavy atom. The van der Waals surface area contributed by atoms with E-state index in [1.165, 1.54) is 0 Å². The summed E-state index contributed by atoms with van der Waals surface area (Å²) in [4.78, 5) is 14.6. The maximum Gasteiger partial charge on any atom is 0.230 e. The van der Waals surface area contributed by atoms with Gasteiger partial charge in [0.25, 0.3) is 0 Å². The predicted molar refractivity (Wildman–Crippen MR) is 64.3 cm³/mol. The van der Waals surface area contributed by atoms with Crippen molar-refractivity contribution in [3.05, 3.63) is 5.28 Å². The molecule has 16 heavy (non-hydrogen) atoms. The van der Waals surface area contributed by atoms with Crippen molar-refractivity contribution in [2.24, 2.45) is 0 Å². The van der Waals surface area contributed by atoms with E-state index < -0.39 is 0 Å². The molecular formula is C9H13ClN4OS. The summed E-state index contributed by atoms with van der Waals surface area (Å²) in [5.74, 6) is 1.57. The van der Waals surface area contributed by atoms with E-state index >= 15 is 0 Å². The Kier molecular flexibility index (Phi) is 4.20. The lowest BCUT2D eigenvalue weighted by Crippen LogP contribution is -2.37. The van der Waals surface area contributed by atoms with Crippen LogP contribution in [0, 0.1) is 0 Å². The minimum absolute atomic E-state index is 0.257. The Morgan fingerprint density at radius 1 is 1.31 bits per heavy atom. The van der Waals surface area contributed by atoms with Crippen LogP contribution in [0.2, 0.25) is 5.28 Å². The molecule has 0 N–H and O–H groups in total. The third kappa shape index (κ3) is 2.96. The first-order valence-corrected chi connectivity index (χ1v) is 6.53. The van der Waals surface area contributed by atoms with E-state index in [1.807, 2.05) is 0 Å². The number of nitrogens with zero attached hydrogens (tertiary/aromatic N) is 4. The quantitative estimate of drug-likeness (QED) is 0.768. The zero-order valence-electron chi connectivity index (χ0n) is 9.02. The van der Waals surface area contributed by atoms with Gasteiger partial charge in [-0.1, -0.05) is 18.7 Å². The molecule has 0 unspecified atom stereocenters. The van der Waals surface area contributed by atoms with Crippen molar-refractivity contribution in [3.63, 3.8) is 0 Å². The number of thioether (sulfide) groups is 1. The molecule has 88 valence electrons. The average Bonchev–Trinajstić information content (AvgIpc) is 2.30. The average molecular weight is 261 g/mol. The van der Waals surface area contributed by atoms with Crippen LogP contribution in [0.3, 0.4) is 0 Å². The molecule has 1 aliphatic heterocycles. The van der Waals surface area contributed by atoms with Crippen LogP contribution in [-0.4, -0.2) is 47.0 Å². The molecule has 2 heterocycles. The molecular weight excluding hydrogens is 248 g/mol. The number of aromatic nitrogens is 3. The number of ether oxygens (including phenoxy) is 1. The highest BCUT2D eigenvalue weighted by Crippen LogP contribution is 2.18. The van der Waals surface area contributed by atoms with Crippen LogP contribution in [0.1, 0.15) is 6.92 Å². The fourth-order valence-corrected chi connectivity index (χ4v) is 2.18. The Balaban J connectivity index is 2.18. The molecule has 0 aliphatic carbocycles. The molecule has 0 saturated carbocycles. The highest BCUT2D eigenvalue weighted by atomic mass is 35.5. The molecule has 1 aromatic heterocycles. The van der Waals surface area contributed by atoms with Gasteiger partial charge in [0.1, 0.15) is 0 Å². The minimum Gasteiger partial charge on any atom is -0.378 e. The summed E-state index contributed by atoms with van der Waals surface area (Å²) in [7, 11) is 0. The molecule has 1 aromatic rings. The molecule has 0 spiro atoms. The van der Waals surface area contributed by atoms with Crippen LogP contribution in [0.25, 0.3) is 0 Å². The first-order chi connectivity index (χ1) is 7.79. The highest BCUT2D eigenvalue weighted by molar-refractivity contribution is 7.99. The van der Waals surface area contributed by atoms with Crippen molar-refractivity contribution < 1.29 is 4.74 Å². The van der Waals surface area contributed by atoms with Crippen LogP contribution in [-0.2, 0) is 4.74 Å². The fraction of sp³-hybridized carbons (Fsp3) is 0.667. The minimum atomic E-state index is 0.257. The molecule has 0 atom stereocenters. The van der Waals surface area contributed by atoms with Gasteiger partial charge in [-0.25, -0.2) is 0 Å². The Labute approximate surface area is 104 Å². The third-order valence-electron chi connectivity index (χ3n) is 2.14. The molecule has 1 fully saturated rings. The number of hydrogen-bond donors (Lipinski definition) is 0. The number of rotatable bonds is 3. The molecule has 0 aromatic carbocycles. The second-order valence-electron chi connectivity index (χ2n) is 3.22. The molecule has 5 nitrogen and oxygen atoms in total. The second kappa shape index (κ2) is 5.65. The maximum absolute atomic E-state index is 5.87. The first-order valence-electron chi connectivity index (χ1n) is 5.16. The van der Waals surface area contributed by atoms with Gasteiger partial charge in [-0.2, -0.15) is 15.0 Å². The van der Waals surface area contributed by atoms with E-state index in [1.54, 1.807) is 11.8 Å². The van der Waals surface area contributed by atoms with Crippen LogP contribution in [0.4, 0.5) is 5.95 Å². The topological polar surface area (TPSA) is 51.1 Å². The third-order valence-corrected chi connectivity index (χ3v) is 3.04. The number of halogens is 1. The summed E-state index contributed by atoms with van der Waals surface area (Å²) in [6.45, 7) is 5.07. The molecule has 0 amide bonds. The van der Waals surface area contributed by atoms with Gasteiger partial charge in [-0.15, -0.1) is 0 Å². The van der Waals surface area contributed by atoms with E-state index in [0.29, 0.717) is 24.3 Å². The van der Waals surface area contributed by atoms with E-state index in [0.717, 1.165) is 18.8 Å². The largest absolute Gasteiger partial charge is 0.378 e. The lowest BCUT2D eigenvalue weighted by atomic mass is 10.4. The van der Waals surface area contributed by atoms with Gasteiger partial charge < -0.3 is 9.64 Å². The summed E-state index contributed by atoms with van der Waals surface area (Å²) in [5.41, 5.74) is 0. The maximum atomic E-state index is 5.87. The van der Waals surface area contributed by atoms with Crippen molar-refractivity contribution in [1.82, 2.24) is 15.0 Å². The van der Waals surface area contributed by atoms with Crippen LogP contribution in [0.5, 0.6) is 0 Å². The van der Waals surface area contributed by atoms with E-state index in [-0.39, 0.29) is 5.28 Å². The zero-order valence-corrected chi connectivity index (χ0v) is 10.6. The molecule has 2 rings (SSSR count). The number of anilines is 1. The number of hydrogen-bond acceptors (Lipinski definition) is 6.